The van der Waals surface area contributed by atoms with Gasteiger partial charge in [0.1, 0.15) is 0 Å². The first-order valence-corrected chi connectivity index (χ1v) is 6.99. The molecule has 19 heavy (non-hydrogen) atoms. The molecule has 0 fully saturated rings. The lowest BCUT2D eigenvalue weighted by atomic mass is 9.94. The molecule has 1 rings (SSSR count). The van der Waals surface area contributed by atoms with E-state index in [-0.39, 0.29) is 18.6 Å². The predicted octanol–water partition coefficient (Wildman–Crippen LogP) is 2.09. The SMILES string of the molecule is CC(Cc1cccs1)NC(=O)NCC(C)(C)C(=O)O. The summed E-state index contributed by atoms with van der Waals surface area (Å²) < 4.78 is 0. The maximum atomic E-state index is 11.6. The summed E-state index contributed by atoms with van der Waals surface area (Å²) in [4.78, 5) is 23.7. The molecule has 0 bridgehead atoms. The monoisotopic (exact) mass is 284 g/mol. The zero-order chi connectivity index (χ0) is 14.5. The average Bonchev–Trinajstić information content (AvgIpc) is 2.78. The van der Waals surface area contributed by atoms with Crippen LogP contribution in [0.15, 0.2) is 17.5 Å². The Labute approximate surface area is 117 Å². The fourth-order valence-corrected chi connectivity index (χ4v) is 2.27. The Balaban J connectivity index is 2.33. The highest BCUT2D eigenvalue weighted by molar-refractivity contribution is 7.09. The fourth-order valence-electron chi connectivity index (χ4n) is 1.43. The molecule has 2 amide bonds. The summed E-state index contributed by atoms with van der Waals surface area (Å²) in [6.07, 6.45) is 0.771. The quantitative estimate of drug-likeness (QED) is 0.748. The molecule has 0 aliphatic carbocycles. The number of carbonyl (C=O) groups is 2. The Kier molecular flexibility index (Phi) is 5.35. The van der Waals surface area contributed by atoms with Gasteiger partial charge < -0.3 is 15.7 Å². The van der Waals surface area contributed by atoms with Gasteiger partial charge in [-0.15, -0.1) is 11.3 Å². The number of hydrogen-bond acceptors (Lipinski definition) is 3. The smallest absolute Gasteiger partial charge is 0.315 e. The zero-order valence-electron chi connectivity index (χ0n) is 11.4. The second kappa shape index (κ2) is 6.56. The number of urea groups is 1. The summed E-state index contributed by atoms with van der Waals surface area (Å²) >= 11 is 1.65. The third kappa shape index (κ3) is 5.30. The Bertz CT molecular complexity index is 429. The van der Waals surface area contributed by atoms with Crippen LogP contribution in [-0.4, -0.2) is 29.7 Å². The van der Waals surface area contributed by atoms with Crippen LogP contribution >= 0.6 is 11.3 Å². The van der Waals surface area contributed by atoms with Gasteiger partial charge in [-0.3, -0.25) is 4.79 Å². The molecule has 0 saturated heterocycles. The van der Waals surface area contributed by atoms with Crippen LogP contribution in [0.5, 0.6) is 0 Å². The van der Waals surface area contributed by atoms with Crippen LogP contribution in [0.3, 0.4) is 0 Å². The minimum Gasteiger partial charge on any atom is -0.481 e. The molecule has 1 unspecified atom stereocenters. The highest BCUT2D eigenvalue weighted by Gasteiger charge is 2.27. The van der Waals surface area contributed by atoms with Crippen molar-refractivity contribution in [3.63, 3.8) is 0 Å². The maximum Gasteiger partial charge on any atom is 0.315 e. The standard InChI is InChI=1S/C13H20N2O3S/c1-9(7-10-5-4-6-19-10)15-12(18)14-8-13(2,3)11(16)17/h4-6,9H,7-8H2,1-3H3,(H,16,17)(H2,14,15,18). The molecular formula is C13H20N2O3S. The van der Waals surface area contributed by atoms with Crippen LogP contribution in [0, 0.1) is 5.41 Å². The van der Waals surface area contributed by atoms with Crippen molar-refractivity contribution in [1.29, 1.82) is 0 Å². The van der Waals surface area contributed by atoms with E-state index in [4.69, 9.17) is 5.11 Å². The van der Waals surface area contributed by atoms with Crippen molar-refractivity contribution in [1.82, 2.24) is 10.6 Å². The van der Waals surface area contributed by atoms with Crippen molar-refractivity contribution < 1.29 is 14.7 Å². The van der Waals surface area contributed by atoms with E-state index in [0.717, 1.165) is 6.42 Å². The van der Waals surface area contributed by atoms with Gasteiger partial charge in [0, 0.05) is 23.9 Å². The Morgan fingerprint density at radius 2 is 2.16 bits per heavy atom. The van der Waals surface area contributed by atoms with Crippen molar-refractivity contribution in [2.24, 2.45) is 5.41 Å². The maximum absolute atomic E-state index is 11.6. The van der Waals surface area contributed by atoms with Gasteiger partial charge in [-0.25, -0.2) is 4.79 Å². The highest BCUT2D eigenvalue weighted by Crippen LogP contribution is 2.13. The summed E-state index contributed by atoms with van der Waals surface area (Å²) in [6, 6.07) is 3.67. The summed E-state index contributed by atoms with van der Waals surface area (Å²) in [5, 5.41) is 16.3. The van der Waals surface area contributed by atoms with Gasteiger partial charge in [0.25, 0.3) is 0 Å². The van der Waals surface area contributed by atoms with Crippen LogP contribution in [0.4, 0.5) is 4.79 Å². The molecule has 1 atom stereocenters. The molecule has 0 aromatic carbocycles. The Hall–Kier alpha value is -1.56. The van der Waals surface area contributed by atoms with Gasteiger partial charge in [-0.2, -0.15) is 0 Å². The summed E-state index contributed by atoms with van der Waals surface area (Å²) in [5.41, 5.74) is -0.964. The van der Waals surface area contributed by atoms with Gasteiger partial charge in [0.15, 0.2) is 0 Å². The van der Waals surface area contributed by atoms with Crippen LogP contribution < -0.4 is 10.6 Å². The van der Waals surface area contributed by atoms with E-state index in [1.54, 1.807) is 25.2 Å². The number of carboxylic acid groups (broad SMARTS) is 1. The normalized spacial score (nSPS) is 12.8. The van der Waals surface area contributed by atoms with Crippen LogP contribution in [0.2, 0.25) is 0 Å². The van der Waals surface area contributed by atoms with E-state index in [1.165, 1.54) is 4.88 Å². The van der Waals surface area contributed by atoms with E-state index >= 15 is 0 Å². The Morgan fingerprint density at radius 3 is 2.68 bits per heavy atom. The number of thiophene rings is 1. The van der Waals surface area contributed by atoms with E-state index in [9.17, 15) is 9.59 Å². The molecular weight excluding hydrogens is 264 g/mol. The summed E-state index contributed by atoms with van der Waals surface area (Å²) in [5.74, 6) is -0.931. The van der Waals surface area contributed by atoms with Crippen molar-refractivity contribution in [2.75, 3.05) is 6.54 Å². The molecule has 3 N–H and O–H groups in total. The second-order valence-electron chi connectivity index (χ2n) is 5.20. The number of carboxylic acids is 1. The van der Waals surface area contributed by atoms with Gasteiger partial charge >= 0.3 is 12.0 Å². The first kappa shape index (κ1) is 15.5. The summed E-state index contributed by atoms with van der Waals surface area (Å²) in [6.45, 7) is 5.16. The molecule has 0 aliphatic rings. The molecule has 1 aromatic rings. The number of aliphatic carboxylic acids is 1. The van der Waals surface area contributed by atoms with Crippen LogP contribution in [-0.2, 0) is 11.2 Å². The number of carbonyl (C=O) groups excluding carboxylic acids is 1. The predicted molar refractivity (Wildman–Crippen MR) is 75.4 cm³/mol. The lowest BCUT2D eigenvalue weighted by molar-refractivity contribution is -0.146. The largest absolute Gasteiger partial charge is 0.481 e. The fraction of sp³-hybridized carbons (Fsp3) is 0.538. The van der Waals surface area contributed by atoms with Crippen molar-refractivity contribution >= 4 is 23.3 Å². The molecule has 1 aromatic heterocycles. The lowest BCUT2D eigenvalue weighted by Gasteiger charge is -2.21. The third-order valence-electron chi connectivity index (χ3n) is 2.73. The molecule has 0 aliphatic heterocycles. The molecule has 0 radical (unpaired) electrons. The minimum atomic E-state index is -0.964. The van der Waals surface area contributed by atoms with E-state index in [2.05, 4.69) is 10.6 Å². The topological polar surface area (TPSA) is 78.4 Å². The number of hydrogen-bond donors (Lipinski definition) is 3. The van der Waals surface area contributed by atoms with Crippen molar-refractivity contribution in [2.45, 2.75) is 33.2 Å². The molecule has 6 heteroatoms. The highest BCUT2D eigenvalue weighted by atomic mass is 32.1. The van der Waals surface area contributed by atoms with Gasteiger partial charge in [0.05, 0.1) is 5.41 Å². The van der Waals surface area contributed by atoms with Crippen LogP contribution in [0.25, 0.3) is 0 Å². The zero-order valence-corrected chi connectivity index (χ0v) is 12.2. The lowest BCUT2D eigenvalue weighted by Crippen LogP contribution is -2.46. The number of amides is 2. The van der Waals surface area contributed by atoms with Gasteiger partial charge in [-0.05, 0) is 32.2 Å². The summed E-state index contributed by atoms with van der Waals surface area (Å²) in [7, 11) is 0. The van der Waals surface area contributed by atoms with E-state index in [0.29, 0.717) is 0 Å². The third-order valence-corrected chi connectivity index (χ3v) is 3.63. The first-order chi connectivity index (χ1) is 8.81. The molecule has 5 nitrogen and oxygen atoms in total. The first-order valence-electron chi connectivity index (χ1n) is 6.11. The van der Waals surface area contributed by atoms with E-state index in [1.807, 2.05) is 24.4 Å². The van der Waals surface area contributed by atoms with Crippen LogP contribution in [0.1, 0.15) is 25.6 Å². The minimum absolute atomic E-state index is 0.00610. The van der Waals surface area contributed by atoms with Gasteiger partial charge in [0.2, 0.25) is 0 Å². The van der Waals surface area contributed by atoms with Gasteiger partial charge in [-0.1, -0.05) is 6.07 Å². The van der Waals surface area contributed by atoms with Crippen molar-refractivity contribution in [3.05, 3.63) is 22.4 Å². The molecule has 0 spiro atoms. The molecule has 106 valence electrons. The Morgan fingerprint density at radius 1 is 1.47 bits per heavy atom. The van der Waals surface area contributed by atoms with E-state index < -0.39 is 11.4 Å². The number of nitrogens with one attached hydrogen (secondary N) is 2. The molecule has 0 saturated carbocycles. The molecule has 1 heterocycles. The van der Waals surface area contributed by atoms with Crippen molar-refractivity contribution in [3.8, 4) is 0 Å². The average molecular weight is 284 g/mol. The second-order valence-corrected chi connectivity index (χ2v) is 6.23. The number of rotatable bonds is 6.